The molecule has 0 bridgehead atoms. The minimum Gasteiger partial charge on any atom is -0.507 e. The van der Waals surface area contributed by atoms with Gasteiger partial charge < -0.3 is 10.4 Å². The van der Waals surface area contributed by atoms with Gasteiger partial charge in [0.05, 0.1) is 5.56 Å². The average molecular weight is 326 g/mol. The third kappa shape index (κ3) is 3.96. The normalized spacial score (nSPS) is 23.1. The van der Waals surface area contributed by atoms with Gasteiger partial charge in [0, 0.05) is 11.4 Å². The largest absolute Gasteiger partial charge is 0.507 e. The Kier molecular flexibility index (Phi) is 4.86. The lowest BCUT2D eigenvalue weighted by atomic mass is 9.89. The molecule has 0 heterocycles. The molecule has 0 saturated heterocycles. The molecule has 2 N–H and O–H groups in total. The Bertz CT molecular complexity index is 453. The van der Waals surface area contributed by atoms with Crippen LogP contribution in [0.1, 0.15) is 41.6 Å². The monoisotopic (exact) mass is 325 g/mol. The molecular formula is C15H20BrNO2. The predicted octanol–water partition coefficient (Wildman–Crippen LogP) is 3.38. The maximum absolute atomic E-state index is 12.0. The van der Waals surface area contributed by atoms with E-state index < -0.39 is 0 Å². The molecule has 1 aliphatic rings. The first kappa shape index (κ1) is 14.4. The molecule has 1 amide bonds. The van der Waals surface area contributed by atoms with Crippen LogP contribution in [0.4, 0.5) is 0 Å². The van der Waals surface area contributed by atoms with Gasteiger partial charge in [-0.1, -0.05) is 27.6 Å². The zero-order valence-corrected chi connectivity index (χ0v) is 12.7. The lowest BCUT2D eigenvalue weighted by Gasteiger charge is -2.25. The van der Waals surface area contributed by atoms with Crippen molar-refractivity contribution in [3.8, 4) is 5.75 Å². The summed E-state index contributed by atoms with van der Waals surface area (Å²) in [6.07, 6.45) is 4.65. The van der Waals surface area contributed by atoms with Gasteiger partial charge in [-0.05, 0) is 50.7 Å². The van der Waals surface area contributed by atoms with Crippen molar-refractivity contribution in [2.24, 2.45) is 5.92 Å². The fourth-order valence-electron chi connectivity index (χ4n) is 2.49. The second-order valence-electron chi connectivity index (χ2n) is 5.35. The molecule has 1 aliphatic carbocycles. The zero-order valence-electron chi connectivity index (χ0n) is 11.2. The fourth-order valence-corrected chi connectivity index (χ4v) is 3.02. The Balaban J connectivity index is 1.89. The van der Waals surface area contributed by atoms with Crippen LogP contribution in [0.2, 0.25) is 0 Å². The smallest absolute Gasteiger partial charge is 0.255 e. The highest BCUT2D eigenvalue weighted by atomic mass is 79.9. The summed E-state index contributed by atoms with van der Waals surface area (Å²) in [6, 6.07) is 5.09. The maximum Gasteiger partial charge on any atom is 0.255 e. The SMILES string of the molecule is Cc1ccc(O)c(C(=O)NCC2CCC(Br)CC2)c1. The Morgan fingerprint density at radius 1 is 1.37 bits per heavy atom. The quantitative estimate of drug-likeness (QED) is 0.837. The molecule has 0 aliphatic heterocycles. The van der Waals surface area contributed by atoms with Crippen molar-refractivity contribution in [2.75, 3.05) is 6.54 Å². The van der Waals surface area contributed by atoms with Gasteiger partial charge in [0.15, 0.2) is 0 Å². The van der Waals surface area contributed by atoms with E-state index >= 15 is 0 Å². The van der Waals surface area contributed by atoms with Gasteiger partial charge in [-0.25, -0.2) is 0 Å². The van der Waals surface area contributed by atoms with Crippen molar-refractivity contribution < 1.29 is 9.90 Å². The van der Waals surface area contributed by atoms with Crippen molar-refractivity contribution in [3.05, 3.63) is 29.3 Å². The number of carbonyl (C=O) groups is 1. The van der Waals surface area contributed by atoms with E-state index in [0.717, 1.165) is 18.4 Å². The summed E-state index contributed by atoms with van der Waals surface area (Å²) >= 11 is 3.63. The van der Waals surface area contributed by atoms with Crippen LogP contribution in [0.15, 0.2) is 18.2 Å². The molecule has 4 heteroatoms. The van der Waals surface area contributed by atoms with E-state index in [9.17, 15) is 9.90 Å². The van der Waals surface area contributed by atoms with E-state index in [4.69, 9.17) is 0 Å². The van der Waals surface area contributed by atoms with Crippen LogP contribution in [-0.4, -0.2) is 22.4 Å². The summed E-state index contributed by atoms with van der Waals surface area (Å²) < 4.78 is 0. The van der Waals surface area contributed by atoms with Crippen molar-refractivity contribution in [1.29, 1.82) is 0 Å². The van der Waals surface area contributed by atoms with Crippen LogP contribution in [0, 0.1) is 12.8 Å². The molecular weight excluding hydrogens is 306 g/mol. The summed E-state index contributed by atoms with van der Waals surface area (Å²) in [4.78, 5) is 12.7. The van der Waals surface area contributed by atoms with E-state index in [-0.39, 0.29) is 11.7 Å². The standard InChI is InChI=1S/C15H20BrNO2/c1-10-2-7-14(18)13(8-10)15(19)17-9-11-3-5-12(16)6-4-11/h2,7-8,11-12,18H,3-6,9H2,1H3,(H,17,19). The Labute approximate surface area is 122 Å². The molecule has 2 rings (SSSR count). The predicted molar refractivity (Wildman–Crippen MR) is 79.9 cm³/mol. The van der Waals surface area contributed by atoms with Gasteiger partial charge in [0.25, 0.3) is 5.91 Å². The number of amides is 1. The van der Waals surface area contributed by atoms with Gasteiger partial charge >= 0.3 is 0 Å². The van der Waals surface area contributed by atoms with Crippen LogP contribution in [-0.2, 0) is 0 Å². The second-order valence-corrected chi connectivity index (χ2v) is 6.64. The van der Waals surface area contributed by atoms with Crippen LogP contribution in [0.25, 0.3) is 0 Å². The Morgan fingerprint density at radius 2 is 2.05 bits per heavy atom. The van der Waals surface area contributed by atoms with Gasteiger partial charge in [0.1, 0.15) is 5.75 Å². The summed E-state index contributed by atoms with van der Waals surface area (Å²) in [5, 5.41) is 12.6. The molecule has 1 fully saturated rings. The summed E-state index contributed by atoms with van der Waals surface area (Å²) in [5.74, 6) is 0.430. The van der Waals surface area contributed by atoms with E-state index in [2.05, 4.69) is 21.2 Å². The first-order valence-electron chi connectivity index (χ1n) is 6.78. The number of benzene rings is 1. The molecule has 0 spiro atoms. The van der Waals surface area contributed by atoms with E-state index in [1.807, 2.05) is 6.92 Å². The first-order chi connectivity index (χ1) is 9.06. The van der Waals surface area contributed by atoms with E-state index in [1.165, 1.54) is 12.8 Å². The minimum absolute atomic E-state index is 0.0484. The third-order valence-electron chi connectivity index (χ3n) is 3.72. The van der Waals surface area contributed by atoms with E-state index in [1.54, 1.807) is 18.2 Å². The number of hydrogen-bond acceptors (Lipinski definition) is 2. The number of aromatic hydroxyl groups is 1. The molecule has 0 unspecified atom stereocenters. The molecule has 19 heavy (non-hydrogen) atoms. The number of hydrogen-bond donors (Lipinski definition) is 2. The van der Waals surface area contributed by atoms with Crippen LogP contribution in [0.5, 0.6) is 5.75 Å². The Hall–Kier alpha value is -1.03. The molecule has 1 aromatic carbocycles. The average Bonchev–Trinajstić information content (AvgIpc) is 2.40. The minimum atomic E-state index is -0.179. The summed E-state index contributed by atoms with van der Waals surface area (Å²) in [7, 11) is 0. The van der Waals surface area contributed by atoms with Crippen LogP contribution < -0.4 is 5.32 Å². The highest BCUT2D eigenvalue weighted by Crippen LogP contribution is 2.28. The van der Waals surface area contributed by atoms with Crippen LogP contribution in [0.3, 0.4) is 0 Å². The van der Waals surface area contributed by atoms with E-state index in [0.29, 0.717) is 22.9 Å². The molecule has 1 aromatic rings. The number of nitrogens with one attached hydrogen (secondary N) is 1. The highest BCUT2D eigenvalue weighted by molar-refractivity contribution is 9.09. The molecule has 3 nitrogen and oxygen atoms in total. The molecule has 0 radical (unpaired) electrons. The summed E-state index contributed by atoms with van der Waals surface area (Å²) in [5.41, 5.74) is 1.34. The number of phenolic OH excluding ortho intramolecular Hbond substituents is 1. The third-order valence-corrected chi connectivity index (χ3v) is 4.64. The number of rotatable bonds is 3. The first-order valence-corrected chi connectivity index (χ1v) is 7.69. The number of phenols is 1. The summed E-state index contributed by atoms with van der Waals surface area (Å²) in [6.45, 7) is 2.61. The van der Waals surface area contributed by atoms with Crippen molar-refractivity contribution in [1.82, 2.24) is 5.32 Å². The van der Waals surface area contributed by atoms with Gasteiger partial charge in [-0.15, -0.1) is 0 Å². The maximum atomic E-state index is 12.0. The van der Waals surface area contributed by atoms with Crippen molar-refractivity contribution >= 4 is 21.8 Å². The number of alkyl halides is 1. The van der Waals surface area contributed by atoms with Crippen molar-refractivity contribution in [2.45, 2.75) is 37.4 Å². The molecule has 0 atom stereocenters. The Morgan fingerprint density at radius 3 is 2.74 bits per heavy atom. The zero-order chi connectivity index (χ0) is 13.8. The molecule has 0 aromatic heterocycles. The van der Waals surface area contributed by atoms with Crippen LogP contribution >= 0.6 is 15.9 Å². The number of aryl methyl sites for hydroxylation is 1. The topological polar surface area (TPSA) is 49.3 Å². The molecule has 104 valence electrons. The van der Waals surface area contributed by atoms with Gasteiger partial charge in [0.2, 0.25) is 0 Å². The lowest BCUT2D eigenvalue weighted by molar-refractivity contribution is 0.0941. The number of carbonyl (C=O) groups excluding carboxylic acids is 1. The lowest BCUT2D eigenvalue weighted by Crippen LogP contribution is -2.31. The fraction of sp³-hybridized carbons (Fsp3) is 0.533. The van der Waals surface area contributed by atoms with Gasteiger partial charge in [-0.3, -0.25) is 4.79 Å². The molecule has 1 saturated carbocycles. The highest BCUT2D eigenvalue weighted by Gasteiger charge is 2.20. The second kappa shape index (κ2) is 6.42. The number of halogens is 1. The van der Waals surface area contributed by atoms with Crippen molar-refractivity contribution in [3.63, 3.8) is 0 Å². The van der Waals surface area contributed by atoms with Gasteiger partial charge in [-0.2, -0.15) is 0 Å².